The Labute approximate surface area is 101 Å². The largest absolute Gasteiger partial charge is 0.453 e. The van der Waals surface area contributed by atoms with Crippen LogP contribution in [0.25, 0.3) is 0 Å². The van der Waals surface area contributed by atoms with E-state index in [1.54, 1.807) is 24.3 Å². The number of benzene rings is 1. The Balaban J connectivity index is 2.56. The van der Waals surface area contributed by atoms with Crippen LogP contribution in [0.4, 0.5) is 0 Å². The third kappa shape index (κ3) is 3.82. The highest BCUT2D eigenvalue weighted by atomic mass is 79.9. The van der Waals surface area contributed by atoms with Crippen molar-refractivity contribution in [2.45, 2.75) is 0 Å². The maximum absolute atomic E-state index is 11.5. The van der Waals surface area contributed by atoms with Gasteiger partial charge in [0.1, 0.15) is 0 Å². The first-order valence-electron chi connectivity index (χ1n) is 4.69. The number of rotatable bonds is 4. The molecule has 0 bridgehead atoms. The highest BCUT2D eigenvalue weighted by molar-refractivity contribution is 9.10. The van der Waals surface area contributed by atoms with Crippen molar-refractivity contribution in [3.8, 4) is 0 Å². The molecule has 0 atom stereocenters. The zero-order chi connectivity index (χ0) is 12.8. The molecule has 0 aliphatic heterocycles. The van der Waals surface area contributed by atoms with E-state index in [1.807, 2.05) is 0 Å². The van der Waals surface area contributed by atoms with Gasteiger partial charge in [-0.05, 0) is 12.1 Å². The van der Waals surface area contributed by atoms with Gasteiger partial charge in [0, 0.05) is 10.0 Å². The molecule has 1 N–H and O–H groups in total. The van der Waals surface area contributed by atoms with Crippen LogP contribution >= 0.6 is 15.9 Å². The zero-order valence-corrected chi connectivity index (χ0v) is 9.60. The number of esters is 1. The van der Waals surface area contributed by atoms with Gasteiger partial charge in [-0.15, -0.1) is 0 Å². The zero-order valence-electron chi connectivity index (χ0n) is 9.01. The normalized spacial score (nSPS) is 11.8. The third-order valence-electron chi connectivity index (χ3n) is 1.64. The summed E-state index contributed by atoms with van der Waals surface area (Å²) in [6.07, 6.45) is -0.950. The van der Waals surface area contributed by atoms with Crippen LogP contribution in [-0.4, -0.2) is 29.8 Å². The number of carbonyl (C=O) groups excluding carboxylic acids is 2. The van der Waals surface area contributed by atoms with Crippen molar-refractivity contribution in [1.29, 1.82) is 0 Å². The number of hydrogen-bond acceptors (Lipinski definition) is 5. The minimum Gasteiger partial charge on any atom is -0.453 e. The second-order valence-electron chi connectivity index (χ2n) is 2.72. The highest BCUT2D eigenvalue weighted by Crippen LogP contribution is 2.10. The van der Waals surface area contributed by atoms with E-state index in [9.17, 15) is 9.59 Å². The average Bonchev–Trinajstić information content (AvgIpc) is 2.35. The molecule has 0 saturated heterocycles. The Kier molecular flexibility index (Phi) is 4.07. The number of carbonyl (C=O) groups is 2. The molecule has 5 nitrogen and oxygen atoms in total. The summed E-state index contributed by atoms with van der Waals surface area (Å²) in [7, 11) is 0. The molecule has 1 aromatic carbocycles. The highest BCUT2D eigenvalue weighted by Gasteiger charge is 2.08. The Hall–Kier alpha value is -1.69. The fourth-order valence-electron chi connectivity index (χ4n) is 0.923. The molecule has 84 valence electrons. The average molecular weight is 288 g/mol. The molecule has 0 aromatic heterocycles. The predicted molar refractivity (Wildman–Crippen MR) is 59.7 cm³/mol. The van der Waals surface area contributed by atoms with Crippen LogP contribution in [-0.2, 0) is 9.53 Å². The van der Waals surface area contributed by atoms with Crippen molar-refractivity contribution >= 4 is 33.9 Å². The summed E-state index contributed by atoms with van der Waals surface area (Å²) in [6, 6.07) is 6.50. The second-order valence-corrected chi connectivity index (χ2v) is 3.63. The number of ether oxygens (including phenoxy) is 1. The van der Waals surface area contributed by atoms with Crippen LogP contribution in [0, 0.1) is 0 Å². The van der Waals surface area contributed by atoms with Gasteiger partial charge >= 0.3 is 5.97 Å². The topological polar surface area (TPSA) is 76.0 Å². The Morgan fingerprint density at radius 1 is 1.50 bits per heavy atom. The van der Waals surface area contributed by atoms with Crippen LogP contribution in [0.1, 0.15) is 11.7 Å². The smallest absolute Gasteiger partial charge is 0.353 e. The van der Waals surface area contributed by atoms with Crippen molar-refractivity contribution < 1.29 is 20.9 Å². The van der Waals surface area contributed by atoms with Crippen molar-refractivity contribution in [1.82, 2.24) is 0 Å². The molecule has 0 unspecified atom stereocenters. The van der Waals surface area contributed by atoms with E-state index in [0.717, 1.165) is 4.47 Å². The van der Waals surface area contributed by atoms with Gasteiger partial charge in [-0.3, -0.25) is 4.79 Å². The Morgan fingerprint density at radius 3 is 2.69 bits per heavy atom. The fourth-order valence-corrected chi connectivity index (χ4v) is 1.19. The number of nitrogens with zero attached hydrogens (tertiary/aromatic N) is 1. The number of hydrogen-bond donors (Lipinski definition) is 1. The van der Waals surface area contributed by atoms with Gasteiger partial charge in [0.25, 0.3) is 0 Å². The lowest BCUT2D eigenvalue weighted by atomic mass is 10.1. The lowest BCUT2D eigenvalue weighted by Crippen LogP contribution is -2.14. The number of halogens is 1. The van der Waals surface area contributed by atoms with Crippen molar-refractivity contribution in [3.63, 3.8) is 0 Å². The van der Waals surface area contributed by atoms with Gasteiger partial charge < -0.3 is 9.94 Å². The van der Waals surface area contributed by atoms with Crippen molar-refractivity contribution in [2.75, 3.05) is 6.61 Å². The van der Waals surface area contributed by atoms with E-state index in [-0.39, 0.29) is 0 Å². The molecular formula is C10H8BrNO4. The third-order valence-corrected chi connectivity index (χ3v) is 2.17. The second kappa shape index (κ2) is 6.02. The molecule has 1 aromatic rings. The van der Waals surface area contributed by atoms with Gasteiger partial charge in [0.15, 0.2) is 18.6 Å². The summed E-state index contributed by atoms with van der Waals surface area (Å²) in [4.78, 5) is 22.4. The molecule has 16 heavy (non-hydrogen) atoms. The molecule has 1 rings (SSSR count). The summed E-state index contributed by atoms with van der Waals surface area (Å²) < 4.78 is 12.1. The van der Waals surface area contributed by atoms with Crippen LogP contribution in [0.2, 0.25) is 0 Å². The first-order chi connectivity index (χ1) is 8.04. The molecule has 0 fully saturated rings. The summed E-state index contributed by atoms with van der Waals surface area (Å²) >= 11 is 3.22. The molecule has 6 heteroatoms. The van der Waals surface area contributed by atoms with Crippen LogP contribution < -0.4 is 0 Å². The molecule has 0 saturated carbocycles. The lowest BCUT2D eigenvalue weighted by molar-refractivity contribution is -0.134. The fraction of sp³-hybridized carbons (Fsp3) is 0.100. The summed E-state index contributed by atoms with van der Waals surface area (Å²) in [6.45, 7) is -0.502. The summed E-state index contributed by atoms with van der Waals surface area (Å²) in [5.41, 5.74) is 0.383. The monoisotopic (exact) mass is 287 g/mol. The van der Waals surface area contributed by atoms with Gasteiger partial charge in [0.2, 0.25) is 0 Å². The van der Waals surface area contributed by atoms with E-state index in [0.29, 0.717) is 5.56 Å². The van der Waals surface area contributed by atoms with Crippen LogP contribution in [0.5, 0.6) is 0 Å². The van der Waals surface area contributed by atoms with Crippen molar-refractivity contribution in [3.05, 3.63) is 34.3 Å². The van der Waals surface area contributed by atoms with Gasteiger partial charge in [-0.1, -0.05) is 33.2 Å². The van der Waals surface area contributed by atoms with Crippen LogP contribution in [0.15, 0.2) is 33.9 Å². The minimum atomic E-state index is -1.15. The quantitative estimate of drug-likeness (QED) is 0.300. The minimum absolute atomic E-state index is 0.383. The maximum Gasteiger partial charge on any atom is 0.353 e. The lowest BCUT2D eigenvalue weighted by Gasteiger charge is -2.01. The van der Waals surface area contributed by atoms with E-state index >= 15 is 0 Å². The molecule has 0 amide bonds. The van der Waals surface area contributed by atoms with Crippen LogP contribution in [0.3, 0.4) is 0 Å². The molecular weight excluding hydrogens is 278 g/mol. The number of Topliss-reactive ketones (excluding diaryl/α,β-unsaturated/α-hetero) is 1. The summed E-state index contributed by atoms with van der Waals surface area (Å²) in [5, 5.41) is 10.5. The molecule has 0 aliphatic rings. The van der Waals surface area contributed by atoms with Gasteiger partial charge in [-0.25, -0.2) is 4.79 Å². The predicted octanol–water partition coefficient (Wildman–Crippen LogP) is 1.64. The maximum atomic E-state index is 11.5. The molecule has 0 heterocycles. The standard InChI is InChI=1S/C10H8BrNO4/c11-8-3-1-7(2-4-8)9(13)6-16-10(14)5-12-15/h1-5,15H,6H2/b12-5+/i5T. The Bertz CT molecular complexity index is 458. The van der Waals surface area contributed by atoms with E-state index in [1.165, 1.54) is 0 Å². The van der Waals surface area contributed by atoms with Gasteiger partial charge in [0.05, 0.1) is 1.37 Å². The number of oxime groups is 1. The summed E-state index contributed by atoms with van der Waals surface area (Å²) in [5.74, 6) is -1.56. The first kappa shape index (κ1) is 10.8. The van der Waals surface area contributed by atoms with E-state index in [4.69, 9.17) is 6.58 Å². The molecule has 0 aliphatic carbocycles. The first-order valence-corrected chi connectivity index (χ1v) is 4.98. The SMILES string of the molecule is [3H]/C(=N\O)C(=O)OCC(=O)c1ccc(Br)cc1. The van der Waals surface area contributed by atoms with Crippen molar-refractivity contribution in [2.24, 2.45) is 5.16 Å². The van der Waals surface area contributed by atoms with Gasteiger partial charge in [-0.2, -0.15) is 0 Å². The number of ketones is 1. The van der Waals surface area contributed by atoms with E-state index < -0.39 is 24.6 Å². The molecule has 0 spiro atoms. The van der Waals surface area contributed by atoms with E-state index in [2.05, 4.69) is 25.8 Å². The Morgan fingerprint density at radius 2 is 2.12 bits per heavy atom. The molecule has 0 radical (unpaired) electrons.